The first-order valence-electron chi connectivity index (χ1n) is 33.3. The molecule has 93 heavy (non-hydrogen) atoms. The van der Waals surface area contributed by atoms with Gasteiger partial charge in [-0.05, 0) is 126 Å². The second-order valence-electron chi connectivity index (χ2n) is 28.2. The van der Waals surface area contributed by atoms with Crippen LogP contribution in [0.2, 0.25) is 0 Å². The molecule has 0 aliphatic carbocycles. The van der Waals surface area contributed by atoms with Crippen LogP contribution >= 0.6 is 0 Å². The Labute approximate surface area is 555 Å². The molecule has 0 saturated carbocycles. The number of carbonyl (C=O) groups is 11. The van der Waals surface area contributed by atoms with Gasteiger partial charge in [0.05, 0.1) is 19.4 Å². The Bertz CT molecular complexity index is 2690. The lowest BCUT2D eigenvalue weighted by Crippen LogP contribution is -2.64. The minimum Gasteiger partial charge on any atom is -0.495 e. The molecule has 0 aromatic carbocycles. The van der Waals surface area contributed by atoms with Gasteiger partial charge in [0.1, 0.15) is 72.2 Å². The van der Waals surface area contributed by atoms with E-state index in [2.05, 4.69) is 26.3 Å². The van der Waals surface area contributed by atoms with Crippen molar-refractivity contribution >= 4 is 65.0 Å². The minimum atomic E-state index is -1.66. The van der Waals surface area contributed by atoms with E-state index < -0.39 is 155 Å². The molecule has 2 rings (SSSR count). The second kappa shape index (κ2) is 37.2. The number of nitrogens with one attached hydrogen (secondary N) is 4. The number of carbonyl (C=O) groups excluding carboxylic acids is 11. The van der Waals surface area contributed by atoms with Gasteiger partial charge in [-0.25, -0.2) is 0 Å². The first-order valence-corrected chi connectivity index (χ1v) is 33.3. The second-order valence-corrected chi connectivity index (χ2v) is 28.2. The van der Waals surface area contributed by atoms with Gasteiger partial charge in [0, 0.05) is 55.0 Å². The van der Waals surface area contributed by atoms with Gasteiger partial charge in [-0.1, -0.05) is 96.9 Å². The van der Waals surface area contributed by atoms with Crippen LogP contribution in [0.1, 0.15) is 168 Å². The average Bonchev–Trinajstić information content (AvgIpc) is 0.849. The largest absolute Gasteiger partial charge is 0.495 e. The van der Waals surface area contributed by atoms with Crippen molar-refractivity contribution in [1.82, 2.24) is 60.6 Å². The fourth-order valence-electron chi connectivity index (χ4n) is 11.9. The van der Waals surface area contributed by atoms with Gasteiger partial charge in [-0.2, -0.15) is 0 Å². The molecule has 25 nitrogen and oxygen atoms in total. The summed E-state index contributed by atoms with van der Waals surface area (Å²) < 4.78 is 5.26. The summed E-state index contributed by atoms with van der Waals surface area (Å²) in [6.45, 7) is 29.6. The molecule has 1 aliphatic heterocycles. The summed E-state index contributed by atoms with van der Waals surface area (Å²) in [7, 11) is 11.5. The summed E-state index contributed by atoms with van der Waals surface area (Å²) in [5, 5.41) is 23.5. The Morgan fingerprint density at radius 1 is 0.473 bits per heavy atom. The van der Waals surface area contributed by atoms with E-state index in [1.807, 2.05) is 61.5 Å². The molecule has 25 heteroatoms. The zero-order valence-corrected chi connectivity index (χ0v) is 60.8. The molecule has 1 fully saturated rings. The van der Waals surface area contributed by atoms with Crippen LogP contribution in [0.5, 0.6) is 5.75 Å². The van der Waals surface area contributed by atoms with Crippen LogP contribution in [-0.2, 0) is 59.2 Å². The van der Waals surface area contributed by atoms with Gasteiger partial charge >= 0.3 is 0 Å². The van der Waals surface area contributed by atoms with Gasteiger partial charge in [0.25, 0.3) is 0 Å². The highest BCUT2D eigenvalue weighted by molar-refractivity contribution is 6.00. The molecule has 2 heterocycles. The van der Waals surface area contributed by atoms with Crippen LogP contribution in [0.3, 0.4) is 0 Å². The molecule has 528 valence electrons. The fourth-order valence-corrected chi connectivity index (χ4v) is 11.9. The van der Waals surface area contributed by atoms with Crippen molar-refractivity contribution in [3.63, 3.8) is 0 Å². The molecule has 0 bridgehead atoms. The topological polar surface area (TPSA) is 301 Å². The number of methoxy groups -OCH3 is 1. The van der Waals surface area contributed by atoms with Crippen molar-refractivity contribution in [3.05, 3.63) is 24.0 Å². The molecule has 1 aromatic heterocycles. The van der Waals surface area contributed by atoms with Crippen molar-refractivity contribution in [2.75, 3.05) is 56.4 Å². The molecule has 1 aromatic rings. The summed E-state index contributed by atoms with van der Waals surface area (Å²) >= 11 is 0. The number of aromatic nitrogens is 1. The Morgan fingerprint density at radius 3 is 1.37 bits per heavy atom. The minimum absolute atomic E-state index is 0.00192. The highest BCUT2D eigenvalue weighted by Crippen LogP contribution is 2.27. The monoisotopic (exact) mass is 1310 g/mol. The predicted molar refractivity (Wildman–Crippen MR) is 357 cm³/mol. The highest BCUT2D eigenvalue weighted by Gasteiger charge is 2.46. The summed E-state index contributed by atoms with van der Waals surface area (Å²) in [6.07, 6.45) is 2.01. The summed E-state index contributed by atoms with van der Waals surface area (Å²) in [6, 6.07) is -10.2. The van der Waals surface area contributed by atoms with Gasteiger partial charge in [-0.15, -0.1) is 0 Å². The van der Waals surface area contributed by atoms with Gasteiger partial charge in [-0.3, -0.25) is 57.7 Å². The summed E-state index contributed by atoms with van der Waals surface area (Å²) in [5.74, 6) is -9.36. The van der Waals surface area contributed by atoms with E-state index in [0.717, 1.165) is 15.5 Å². The maximum atomic E-state index is 15.4. The Balaban J connectivity index is 3.01. The fraction of sp³-hybridized carbons (Fsp3) is 0.765. The van der Waals surface area contributed by atoms with Crippen molar-refractivity contribution in [1.29, 1.82) is 0 Å². The number of rotatable bonds is 18. The quantitative estimate of drug-likeness (QED) is 0.138. The number of likely N-dealkylation sites (N-methyl/N-ethyl adjacent to an activating group) is 7. The molecular formula is C68H118N12O13. The number of aliphatic hydroxyl groups is 1. The molecule has 0 spiro atoms. The standard InChI is InChI=1S/C68H118N12O13/c1-26-49-64(88)74(18)46(17)63(87)75(19)51(33-38(4)5)60(84)73-54(41(10)11)67(91)76(20)50(32-37(2)3)59(83)70-44(15)58(82)71-45(16)62(86)77(21)52(34-39(6)7)65(89)78(22)53(35-40(8)9)66(90)79(23)55(42(12)13)68(92)80(24)56(61(85)72-49)57(81)43(14)28-27-29-47-30-31-48(93-25)36-69-47/h30-31,36-46,49-57,81H,26-29,32-35H2,1-25H3,(H,70,83)(H,71,82)(H,72,85)(H,73,84)/t43-,44-,45+,46-,49-,50-,51+,52-,53-,54-,55-,56-,57-/m1/s1. The third-order valence-electron chi connectivity index (χ3n) is 18.0. The first kappa shape index (κ1) is 82.2. The number of nitrogens with zero attached hydrogens (tertiary/aromatic N) is 8. The van der Waals surface area contributed by atoms with Gasteiger partial charge in [0.2, 0.25) is 65.0 Å². The van der Waals surface area contributed by atoms with Crippen LogP contribution in [0, 0.1) is 41.4 Å². The molecular weight excluding hydrogens is 1190 g/mol. The number of amides is 11. The molecule has 1 saturated heterocycles. The van der Waals surface area contributed by atoms with E-state index in [4.69, 9.17) is 4.74 Å². The molecule has 0 unspecified atom stereocenters. The van der Waals surface area contributed by atoms with E-state index in [-0.39, 0.29) is 55.8 Å². The third-order valence-corrected chi connectivity index (χ3v) is 18.0. The number of ether oxygens (including phenoxy) is 1. The van der Waals surface area contributed by atoms with Crippen LogP contribution in [0.25, 0.3) is 0 Å². The molecule has 13 atom stereocenters. The number of aliphatic hydroxyl groups excluding tert-OH is 1. The van der Waals surface area contributed by atoms with Gasteiger partial charge in [0.15, 0.2) is 0 Å². The van der Waals surface area contributed by atoms with E-state index >= 15 is 19.2 Å². The normalized spacial score (nSPS) is 26.3. The lowest BCUT2D eigenvalue weighted by molar-refractivity contribution is -0.157. The molecule has 0 radical (unpaired) electrons. The molecule has 11 amide bonds. The number of hydrogen-bond donors (Lipinski definition) is 5. The lowest BCUT2D eigenvalue weighted by atomic mass is 9.90. The number of hydrogen-bond acceptors (Lipinski definition) is 14. The van der Waals surface area contributed by atoms with Crippen molar-refractivity contribution in [2.24, 2.45) is 41.4 Å². The SMILES string of the molecule is CC[C@H]1NC(=O)[C@@H]([C@H](O)[C@H](C)CCCc2ccc(OC)cn2)N(C)C(=O)[C@@H](C(C)C)N(C)C(=O)[C@@H](CC(C)C)N(C)C(=O)[C@@H](CC(C)C)N(C)C(=O)[C@H](C)NC(=O)[C@@H](C)NC(=O)[C@@H](CC(C)C)N(C)C(=O)[C@@H](C(C)C)NC(=O)[C@H](CC(C)C)N(C)C(=O)[C@@H](C)N(C)C1=O. The lowest BCUT2D eigenvalue weighted by Gasteiger charge is -2.41. The van der Waals surface area contributed by atoms with Gasteiger partial charge < -0.3 is 65.4 Å². The van der Waals surface area contributed by atoms with Crippen LogP contribution in [0.4, 0.5) is 0 Å². The number of aryl methyl sites for hydroxylation is 1. The molecule has 1 aliphatic rings. The number of pyridine rings is 1. The van der Waals surface area contributed by atoms with Crippen molar-refractivity contribution in [3.8, 4) is 5.75 Å². The maximum absolute atomic E-state index is 15.4. The average molecular weight is 1310 g/mol. The van der Waals surface area contributed by atoms with E-state index in [0.29, 0.717) is 25.0 Å². The van der Waals surface area contributed by atoms with E-state index in [1.54, 1.807) is 53.8 Å². The van der Waals surface area contributed by atoms with Crippen LogP contribution in [0.15, 0.2) is 18.3 Å². The summed E-state index contributed by atoms with van der Waals surface area (Å²) in [5.41, 5.74) is 0.764. The van der Waals surface area contributed by atoms with Crippen molar-refractivity contribution < 1.29 is 62.6 Å². The van der Waals surface area contributed by atoms with Crippen LogP contribution in [-0.4, -0.2) is 238 Å². The Morgan fingerprint density at radius 2 is 0.914 bits per heavy atom. The Hall–Kier alpha value is -6.92. The zero-order valence-electron chi connectivity index (χ0n) is 60.8. The van der Waals surface area contributed by atoms with Crippen LogP contribution < -0.4 is 26.0 Å². The maximum Gasteiger partial charge on any atom is 0.246 e. The van der Waals surface area contributed by atoms with E-state index in [1.165, 1.54) is 102 Å². The first-order chi connectivity index (χ1) is 43.1. The predicted octanol–water partition coefficient (Wildman–Crippen LogP) is 4.12. The highest BCUT2D eigenvalue weighted by atomic mass is 16.5. The summed E-state index contributed by atoms with van der Waals surface area (Å²) in [4.78, 5) is 175. The zero-order chi connectivity index (χ0) is 71.5. The molecule has 5 N–H and O–H groups in total. The third kappa shape index (κ3) is 22.6. The van der Waals surface area contributed by atoms with Crippen molar-refractivity contribution in [2.45, 2.75) is 242 Å². The smallest absolute Gasteiger partial charge is 0.246 e. The van der Waals surface area contributed by atoms with E-state index in [9.17, 15) is 38.7 Å². The Kier molecular flexibility index (Phi) is 32.9.